The summed E-state index contributed by atoms with van der Waals surface area (Å²) in [5.74, 6) is 4.88. The summed E-state index contributed by atoms with van der Waals surface area (Å²) in [4.78, 5) is 35.4. The molecule has 3 heterocycles. The quantitative estimate of drug-likeness (QED) is 0.0685. The Morgan fingerprint density at radius 3 is 2.55 bits per heavy atom. The Bertz CT molecular complexity index is 1010. The molecule has 40 heavy (non-hydrogen) atoms. The number of carbonyl (C=O) groups excluding carboxylic acids is 3. The van der Waals surface area contributed by atoms with E-state index in [4.69, 9.17) is 24.8 Å². The Morgan fingerprint density at radius 2 is 1.93 bits per heavy atom. The highest BCUT2D eigenvalue weighted by Crippen LogP contribution is 2.43. The van der Waals surface area contributed by atoms with Crippen LogP contribution in [0.5, 0.6) is 0 Å². The average molecular weight is 564 g/mol. The van der Waals surface area contributed by atoms with E-state index in [0.29, 0.717) is 19.4 Å². The van der Waals surface area contributed by atoms with Gasteiger partial charge in [-0.15, -0.1) is 0 Å². The van der Waals surface area contributed by atoms with Gasteiger partial charge in [0.25, 0.3) is 0 Å². The van der Waals surface area contributed by atoms with E-state index in [1.807, 2.05) is 26.0 Å². The van der Waals surface area contributed by atoms with E-state index < -0.39 is 29.9 Å². The molecule has 3 aliphatic rings. The fraction of sp³-hybridized carbons (Fsp3) is 0.690. The van der Waals surface area contributed by atoms with Crippen LogP contribution in [-0.2, 0) is 33.3 Å². The van der Waals surface area contributed by atoms with E-state index in [1.165, 1.54) is 20.0 Å². The molecule has 0 aliphatic carbocycles. The lowest BCUT2D eigenvalue weighted by Crippen LogP contribution is -2.51. The predicted octanol–water partition coefficient (Wildman–Crippen LogP) is 1.69. The maximum atomic E-state index is 12.4. The van der Waals surface area contributed by atoms with Crippen LogP contribution >= 0.6 is 0 Å². The summed E-state index contributed by atoms with van der Waals surface area (Å²) in [6.07, 6.45) is 8.36. The number of ether oxygens (including phenoxy) is 4. The number of nitrogens with one attached hydrogen (secondary N) is 1. The molecule has 3 rings (SSSR count). The standard InChI is InChI=1S/C29H45N3O8/c1-17(8-11-25-28(36)29(16-37-29)15-22(40-25)14-27(35)32(6)30)7-10-24-18(2)13-23(20(4)39-24)31-26(34)12-9-19(3)38-21(5)33/h7-9,11-12,18-20,22-25,28,36H,10,13-16,30H2,1-6H3,(H,31,34)/t18-,19?,20+,22+,23+,24-,25+,28+,29+/m0/s1. The van der Waals surface area contributed by atoms with Crippen molar-refractivity contribution in [1.29, 1.82) is 0 Å². The van der Waals surface area contributed by atoms with Gasteiger partial charge in [0.1, 0.15) is 23.9 Å². The number of hydrazine groups is 1. The number of hydrogen-bond donors (Lipinski definition) is 3. The van der Waals surface area contributed by atoms with E-state index in [0.717, 1.165) is 17.0 Å². The number of carbonyl (C=O) groups is 3. The van der Waals surface area contributed by atoms with Gasteiger partial charge in [0.2, 0.25) is 11.8 Å². The largest absolute Gasteiger partial charge is 0.459 e. The van der Waals surface area contributed by atoms with Gasteiger partial charge in [-0.05, 0) is 45.6 Å². The van der Waals surface area contributed by atoms with Gasteiger partial charge in [0, 0.05) is 26.5 Å². The second-order valence-corrected chi connectivity index (χ2v) is 11.4. The van der Waals surface area contributed by atoms with Crippen molar-refractivity contribution in [2.24, 2.45) is 11.8 Å². The van der Waals surface area contributed by atoms with Crippen LogP contribution in [0, 0.1) is 5.92 Å². The van der Waals surface area contributed by atoms with Crippen molar-refractivity contribution < 1.29 is 38.4 Å². The molecule has 2 amide bonds. The van der Waals surface area contributed by atoms with Crippen LogP contribution in [0.3, 0.4) is 0 Å². The van der Waals surface area contributed by atoms with Gasteiger partial charge in [-0.25, -0.2) is 5.84 Å². The molecule has 0 aromatic rings. The number of allylic oxidation sites excluding steroid dienone is 2. The molecule has 0 bridgehead atoms. The van der Waals surface area contributed by atoms with Gasteiger partial charge in [-0.3, -0.25) is 19.4 Å². The lowest BCUT2D eigenvalue weighted by atomic mass is 9.87. The Morgan fingerprint density at radius 1 is 1.23 bits per heavy atom. The fourth-order valence-corrected chi connectivity index (χ4v) is 5.23. The minimum absolute atomic E-state index is 0.00525. The van der Waals surface area contributed by atoms with Crippen molar-refractivity contribution in [2.45, 2.75) is 109 Å². The van der Waals surface area contributed by atoms with Gasteiger partial charge >= 0.3 is 5.97 Å². The molecule has 0 aromatic heterocycles. The highest BCUT2D eigenvalue weighted by Gasteiger charge is 2.58. The molecule has 224 valence electrons. The van der Waals surface area contributed by atoms with Crippen molar-refractivity contribution in [2.75, 3.05) is 13.7 Å². The predicted molar refractivity (Wildman–Crippen MR) is 147 cm³/mol. The third-order valence-electron chi connectivity index (χ3n) is 7.72. The smallest absolute Gasteiger partial charge is 0.303 e. The zero-order chi connectivity index (χ0) is 29.6. The van der Waals surface area contributed by atoms with Crippen LogP contribution in [0.25, 0.3) is 0 Å². The van der Waals surface area contributed by atoms with E-state index in [1.54, 1.807) is 13.0 Å². The summed E-state index contributed by atoms with van der Waals surface area (Å²) in [5.41, 5.74) is 0.333. The van der Waals surface area contributed by atoms with Crippen LogP contribution in [0.1, 0.15) is 60.3 Å². The molecule has 11 nitrogen and oxygen atoms in total. The molecule has 9 atom stereocenters. The molecule has 0 aromatic carbocycles. The number of hydrogen-bond acceptors (Lipinski definition) is 9. The molecule has 0 saturated carbocycles. The average Bonchev–Trinajstić information content (AvgIpc) is 3.64. The van der Waals surface area contributed by atoms with Crippen LogP contribution in [0.15, 0.2) is 36.0 Å². The van der Waals surface area contributed by atoms with Crippen LogP contribution in [0.2, 0.25) is 0 Å². The molecular weight excluding hydrogens is 518 g/mol. The third kappa shape index (κ3) is 8.97. The summed E-state index contributed by atoms with van der Waals surface area (Å²) in [6, 6.07) is -0.127. The summed E-state index contributed by atoms with van der Waals surface area (Å²) >= 11 is 0. The van der Waals surface area contributed by atoms with Gasteiger partial charge in [-0.2, -0.15) is 0 Å². The zero-order valence-electron chi connectivity index (χ0n) is 24.4. The van der Waals surface area contributed by atoms with Crippen LogP contribution in [0.4, 0.5) is 0 Å². The van der Waals surface area contributed by atoms with Crippen LogP contribution < -0.4 is 11.2 Å². The minimum Gasteiger partial charge on any atom is -0.459 e. The lowest BCUT2D eigenvalue weighted by molar-refractivity contribution is -0.150. The first-order chi connectivity index (χ1) is 18.8. The zero-order valence-corrected chi connectivity index (χ0v) is 24.4. The molecule has 3 aliphatic heterocycles. The summed E-state index contributed by atoms with van der Waals surface area (Å²) in [5, 5.41) is 14.8. The van der Waals surface area contributed by atoms with Crippen molar-refractivity contribution in [3.05, 3.63) is 36.0 Å². The highest BCUT2D eigenvalue weighted by atomic mass is 16.6. The topological polar surface area (TPSA) is 153 Å². The molecule has 3 saturated heterocycles. The fourth-order valence-electron chi connectivity index (χ4n) is 5.23. The number of amides is 2. The monoisotopic (exact) mass is 563 g/mol. The van der Waals surface area contributed by atoms with Crippen molar-refractivity contribution in [3.63, 3.8) is 0 Å². The second kappa shape index (κ2) is 13.9. The Balaban J connectivity index is 1.51. The third-order valence-corrected chi connectivity index (χ3v) is 7.72. The minimum atomic E-state index is -0.812. The molecular formula is C29H45N3O8. The maximum Gasteiger partial charge on any atom is 0.303 e. The maximum absolute atomic E-state index is 12.4. The number of aliphatic hydroxyl groups excluding tert-OH is 1. The van der Waals surface area contributed by atoms with Crippen LogP contribution in [-0.4, -0.2) is 89.8 Å². The van der Waals surface area contributed by atoms with Crippen molar-refractivity contribution in [1.82, 2.24) is 10.3 Å². The van der Waals surface area contributed by atoms with Gasteiger partial charge in [0.15, 0.2) is 0 Å². The molecule has 11 heteroatoms. The highest BCUT2D eigenvalue weighted by molar-refractivity contribution is 5.87. The lowest BCUT2D eigenvalue weighted by Gasteiger charge is -2.39. The van der Waals surface area contributed by atoms with E-state index >= 15 is 0 Å². The number of esters is 1. The summed E-state index contributed by atoms with van der Waals surface area (Å²) < 4.78 is 22.9. The van der Waals surface area contributed by atoms with Crippen molar-refractivity contribution in [3.8, 4) is 0 Å². The normalized spacial score (nSPS) is 35.1. The second-order valence-electron chi connectivity index (χ2n) is 11.4. The number of nitrogens with zero attached hydrogens (tertiary/aromatic N) is 1. The number of nitrogens with two attached hydrogens (primary N) is 1. The Kier molecular flexibility index (Phi) is 11.1. The van der Waals surface area contributed by atoms with E-state index in [-0.39, 0.29) is 48.5 Å². The Hall–Kier alpha value is -2.57. The molecule has 0 radical (unpaired) electrons. The molecule has 1 spiro atoms. The summed E-state index contributed by atoms with van der Waals surface area (Å²) in [7, 11) is 1.50. The number of rotatable bonds is 10. The Labute approximate surface area is 236 Å². The van der Waals surface area contributed by atoms with E-state index in [2.05, 4.69) is 18.3 Å². The van der Waals surface area contributed by atoms with Gasteiger partial charge in [-0.1, -0.05) is 30.7 Å². The van der Waals surface area contributed by atoms with E-state index in [9.17, 15) is 19.5 Å². The van der Waals surface area contributed by atoms with Gasteiger partial charge in [0.05, 0.1) is 37.4 Å². The SMILES string of the molecule is CC(=O)OC(C)C=CC(=O)N[C@@H]1C[C@H](C)[C@H](CC=C(C)C=C[C@H]2O[C@H](CC(=O)N(C)N)C[C@@]3(CO3)[C@@H]2O)O[C@@H]1C. The summed E-state index contributed by atoms with van der Waals surface area (Å²) in [6.45, 7) is 9.50. The first-order valence-electron chi connectivity index (χ1n) is 13.9. The first kappa shape index (κ1) is 32.0. The molecule has 3 fully saturated rings. The molecule has 1 unspecified atom stereocenters. The first-order valence-corrected chi connectivity index (χ1v) is 13.9. The molecule has 4 N–H and O–H groups in total. The van der Waals surface area contributed by atoms with Gasteiger partial charge < -0.3 is 29.4 Å². The number of epoxide rings is 1. The van der Waals surface area contributed by atoms with Crippen molar-refractivity contribution >= 4 is 17.8 Å². The number of aliphatic hydroxyl groups is 1.